The van der Waals surface area contributed by atoms with Crippen molar-refractivity contribution in [2.45, 2.75) is 26.2 Å². The molecule has 1 saturated heterocycles. The molecule has 0 saturated carbocycles. The van der Waals surface area contributed by atoms with Gasteiger partial charge in [0.25, 0.3) is 0 Å². The van der Waals surface area contributed by atoms with Gasteiger partial charge < -0.3 is 10.4 Å². The van der Waals surface area contributed by atoms with Crippen molar-refractivity contribution in [2.24, 2.45) is 5.92 Å². The second-order valence-corrected chi connectivity index (χ2v) is 5.01. The minimum absolute atomic E-state index is 0.408. The average Bonchev–Trinajstić information content (AvgIpc) is 2.28. The van der Waals surface area contributed by atoms with E-state index in [1.807, 2.05) is 13.0 Å². The van der Waals surface area contributed by atoms with E-state index in [9.17, 15) is 4.79 Å². The Hall–Kier alpha value is -1.35. The molecule has 0 radical (unpaired) electrons. The van der Waals surface area contributed by atoms with E-state index in [-0.39, 0.29) is 0 Å². The number of hydrogen-bond donors (Lipinski definition) is 2. The van der Waals surface area contributed by atoms with Crippen LogP contribution in [-0.4, -0.2) is 24.2 Å². The summed E-state index contributed by atoms with van der Waals surface area (Å²) in [5.74, 6) is 0.206. The fourth-order valence-corrected chi connectivity index (χ4v) is 2.66. The molecule has 17 heavy (non-hydrogen) atoms. The number of piperidine rings is 1. The van der Waals surface area contributed by atoms with E-state index < -0.39 is 5.97 Å². The topological polar surface area (TPSA) is 49.3 Å². The fourth-order valence-electron chi connectivity index (χ4n) is 2.66. The number of benzene rings is 1. The summed E-state index contributed by atoms with van der Waals surface area (Å²) >= 11 is 0. The predicted molar refractivity (Wildman–Crippen MR) is 67.5 cm³/mol. The molecule has 3 nitrogen and oxygen atoms in total. The molecular weight excluding hydrogens is 214 g/mol. The van der Waals surface area contributed by atoms with Crippen molar-refractivity contribution in [3.63, 3.8) is 0 Å². The van der Waals surface area contributed by atoms with Crippen LogP contribution in [0.4, 0.5) is 0 Å². The Morgan fingerprint density at radius 2 is 2.18 bits per heavy atom. The van der Waals surface area contributed by atoms with Gasteiger partial charge in [0.15, 0.2) is 0 Å². The van der Waals surface area contributed by atoms with Crippen LogP contribution < -0.4 is 5.32 Å². The highest BCUT2D eigenvalue weighted by molar-refractivity contribution is 5.88. The monoisotopic (exact) mass is 233 g/mol. The zero-order valence-electron chi connectivity index (χ0n) is 10.4. The quantitative estimate of drug-likeness (QED) is 0.824. The number of carbonyl (C=O) groups is 1. The van der Waals surface area contributed by atoms with Crippen LogP contribution in [0.5, 0.6) is 0 Å². The van der Waals surface area contributed by atoms with Gasteiger partial charge in [-0.2, -0.15) is 0 Å². The minimum atomic E-state index is -0.837. The highest BCUT2D eigenvalue weighted by Crippen LogP contribution is 2.31. The molecule has 1 aliphatic heterocycles. The van der Waals surface area contributed by atoms with Gasteiger partial charge in [0.2, 0.25) is 0 Å². The number of aromatic carboxylic acids is 1. The SMILES string of the molecule is Cc1cc(C(=O)O)cc([C@@H]2CCNC[C@@H]2C)c1. The maximum Gasteiger partial charge on any atom is 0.335 e. The van der Waals surface area contributed by atoms with Gasteiger partial charge in [0.1, 0.15) is 0 Å². The molecule has 3 heteroatoms. The second kappa shape index (κ2) is 4.88. The molecule has 0 bridgehead atoms. The van der Waals surface area contributed by atoms with Gasteiger partial charge in [0.05, 0.1) is 5.56 Å². The van der Waals surface area contributed by atoms with Crippen LogP contribution in [-0.2, 0) is 0 Å². The summed E-state index contributed by atoms with van der Waals surface area (Å²) in [6, 6.07) is 5.69. The lowest BCUT2D eigenvalue weighted by Crippen LogP contribution is -2.33. The first kappa shape index (κ1) is 12.1. The summed E-state index contributed by atoms with van der Waals surface area (Å²) in [7, 11) is 0. The van der Waals surface area contributed by atoms with Crippen molar-refractivity contribution in [1.29, 1.82) is 0 Å². The van der Waals surface area contributed by atoms with Gasteiger partial charge in [0, 0.05) is 0 Å². The number of carboxylic acids is 1. The lowest BCUT2D eigenvalue weighted by atomic mass is 9.81. The molecule has 0 aromatic heterocycles. The Kier molecular flexibility index (Phi) is 3.48. The van der Waals surface area contributed by atoms with E-state index in [4.69, 9.17) is 5.11 Å². The highest BCUT2D eigenvalue weighted by atomic mass is 16.4. The molecule has 0 spiro atoms. The molecule has 0 unspecified atom stereocenters. The number of nitrogens with one attached hydrogen (secondary N) is 1. The number of rotatable bonds is 2. The van der Waals surface area contributed by atoms with Crippen LogP contribution in [0.3, 0.4) is 0 Å². The molecule has 0 aliphatic carbocycles. The largest absolute Gasteiger partial charge is 0.478 e. The Balaban J connectivity index is 2.33. The van der Waals surface area contributed by atoms with Crippen molar-refractivity contribution >= 4 is 5.97 Å². The number of hydrogen-bond acceptors (Lipinski definition) is 2. The van der Waals surface area contributed by atoms with Crippen molar-refractivity contribution in [2.75, 3.05) is 13.1 Å². The molecular formula is C14H19NO2. The van der Waals surface area contributed by atoms with Crippen LogP contribution in [0.25, 0.3) is 0 Å². The van der Waals surface area contributed by atoms with Gasteiger partial charge in [-0.1, -0.05) is 13.0 Å². The van der Waals surface area contributed by atoms with Crippen molar-refractivity contribution in [3.8, 4) is 0 Å². The molecule has 2 N–H and O–H groups in total. The van der Waals surface area contributed by atoms with E-state index in [2.05, 4.69) is 18.3 Å². The van der Waals surface area contributed by atoms with Gasteiger partial charge >= 0.3 is 5.97 Å². The van der Waals surface area contributed by atoms with E-state index >= 15 is 0 Å². The van der Waals surface area contributed by atoms with Gasteiger partial charge in [-0.15, -0.1) is 0 Å². The third kappa shape index (κ3) is 2.67. The molecule has 1 aromatic carbocycles. The molecule has 1 aromatic rings. The molecule has 2 atom stereocenters. The summed E-state index contributed by atoms with van der Waals surface area (Å²) < 4.78 is 0. The van der Waals surface area contributed by atoms with Crippen LogP contribution in [0, 0.1) is 12.8 Å². The summed E-state index contributed by atoms with van der Waals surface area (Å²) in [5, 5.41) is 12.5. The van der Waals surface area contributed by atoms with Crippen molar-refractivity contribution < 1.29 is 9.90 Å². The first-order chi connectivity index (χ1) is 8.08. The Labute approximate surface area is 102 Å². The number of carboxylic acid groups (broad SMARTS) is 1. The predicted octanol–water partition coefficient (Wildman–Crippen LogP) is 2.41. The summed E-state index contributed by atoms with van der Waals surface area (Å²) in [4.78, 5) is 11.1. The maximum atomic E-state index is 11.1. The summed E-state index contributed by atoms with van der Waals surface area (Å²) in [6.07, 6.45) is 1.09. The smallest absolute Gasteiger partial charge is 0.335 e. The molecule has 1 heterocycles. The minimum Gasteiger partial charge on any atom is -0.478 e. The first-order valence-corrected chi connectivity index (χ1v) is 6.13. The zero-order chi connectivity index (χ0) is 12.4. The Morgan fingerprint density at radius 1 is 1.41 bits per heavy atom. The van der Waals surface area contributed by atoms with E-state index in [1.165, 1.54) is 5.56 Å². The van der Waals surface area contributed by atoms with Crippen LogP contribution in [0.2, 0.25) is 0 Å². The molecule has 0 amide bonds. The van der Waals surface area contributed by atoms with Crippen LogP contribution in [0.15, 0.2) is 18.2 Å². The first-order valence-electron chi connectivity index (χ1n) is 6.13. The van der Waals surface area contributed by atoms with Crippen molar-refractivity contribution in [3.05, 3.63) is 34.9 Å². The highest BCUT2D eigenvalue weighted by Gasteiger charge is 2.23. The summed E-state index contributed by atoms with van der Waals surface area (Å²) in [6.45, 7) is 6.22. The van der Waals surface area contributed by atoms with E-state index in [1.54, 1.807) is 6.07 Å². The third-order valence-corrected chi connectivity index (χ3v) is 3.56. The van der Waals surface area contributed by atoms with E-state index in [0.717, 1.165) is 25.1 Å². The number of aryl methyl sites for hydroxylation is 1. The lowest BCUT2D eigenvalue weighted by Gasteiger charge is -2.30. The third-order valence-electron chi connectivity index (χ3n) is 3.56. The maximum absolute atomic E-state index is 11.1. The molecule has 1 aliphatic rings. The average molecular weight is 233 g/mol. The zero-order valence-corrected chi connectivity index (χ0v) is 10.4. The van der Waals surface area contributed by atoms with Gasteiger partial charge in [-0.25, -0.2) is 4.79 Å². The van der Waals surface area contributed by atoms with Crippen molar-refractivity contribution in [1.82, 2.24) is 5.32 Å². The van der Waals surface area contributed by atoms with E-state index in [0.29, 0.717) is 17.4 Å². The van der Waals surface area contributed by atoms with Gasteiger partial charge in [-0.05, 0) is 61.5 Å². The Morgan fingerprint density at radius 3 is 2.82 bits per heavy atom. The van der Waals surface area contributed by atoms with Crippen LogP contribution >= 0.6 is 0 Å². The fraction of sp³-hybridized carbons (Fsp3) is 0.500. The normalized spacial score (nSPS) is 24.6. The summed E-state index contributed by atoms with van der Waals surface area (Å²) in [5.41, 5.74) is 2.62. The van der Waals surface area contributed by atoms with Crippen LogP contribution in [0.1, 0.15) is 40.7 Å². The van der Waals surface area contributed by atoms with Gasteiger partial charge in [-0.3, -0.25) is 0 Å². The standard InChI is InChI=1S/C14H19NO2/c1-9-5-11(7-12(6-9)14(16)17)13-3-4-15-8-10(13)2/h5-7,10,13,15H,3-4,8H2,1-2H3,(H,16,17)/t10-,13+/m0/s1. The second-order valence-electron chi connectivity index (χ2n) is 5.01. The lowest BCUT2D eigenvalue weighted by molar-refractivity contribution is 0.0696. The Bertz CT molecular complexity index is 428. The molecule has 2 rings (SSSR count). The molecule has 1 fully saturated rings. The molecule has 92 valence electrons.